The van der Waals surface area contributed by atoms with Crippen LogP contribution in [-0.4, -0.2) is 16.7 Å². The summed E-state index contributed by atoms with van der Waals surface area (Å²) in [6.07, 6.45) is -0.483. The molecule has 2 aromatic rings. The Morgan fingerprint density at radius 2 is 2.17 bits per heavy atom. The minimum atomic E-state index is -0.516. The molecule has 0 atom stereocenters. The lowest BCUT2D eigenvalue weighted by Crippen LogP contribution is -2.27. The van der Waals surface area contributed by atoms with Crippen LogP contribution in [0.25, 0.3) is 10.2 Å². The summed E-state index contributed by atoms with van der Waals surface area (Å²) in [5.74, 6) is 0. The molecule has 6 heteroatoms. The number of ether oxygens (including phenoxy) is 1. The van der Waals surface area contributed by atoms with E-state index < -0.39 is 11.7 Å². The number of nitrogens with one attached hydrogen (secondary N) is 1. The average Bonchev–Trinajstić information content (AvgIpc) is 2.53. The first-order chi connectivity index (χ1) is 8.33. The zero-order valence-electron chi connectivity index (χ0n) is 10.3. The number of fused-ring (bicyclic) bond motifs is 1. The number of thiazole rings is 1. The fourth-order valence-corrected chi connectivity index (χ4v) is 2.41. The SMILES string of the molecule is CC(C)(C)OC(=O)Nc1ccc2sc(Cl)nc2c1. The largest absolute Gasteiger partial charge is 0.444 e. The number of benzene rings is 1. The van der Waals surface area contributed by atoms with Gasteiger partial charge in [0.05, 0.1) is 10.2 Å². The van der Waals surface area contributed by atoms with Crippen molar-refractivity contribution in [1.82, 2.24) is 4.98 Å². The number of carbonyl (C=O) groups excluding carboxylic acids is 1. The second-order valence-corrected chi connectivity index (χ2v) is 6.39. The second-order valence-electron chi connectivity index (χ2n) is 4.78. The van der Waals surface area contributed by atoms with Gasteiger partial charge in [0.1, 0.15) is 5.60 Å². The summed E-state index contributed by atoms with van der Waals surface area (Å²) >= 11 is 7.22. The molecule has 1 amide bonds. The molecule has 1 heterocycles. The van der Waals surface area contributed by atoms with Gasteiger partial charge in [0.25, 0.3) is 0 Å². The average molecular weight is 285 g/mol. The topological polar surface area (TPSA) is 51.2 Å². The van der Waals surface area contributed by atoms with Gasteiger partial charge < -0.3 is 4.74 Å². The third-order valence-electron chi connectivity index (χ3n) is 2.01. The Morgan fingerprint density at radius 1 is 1.44 bits per heavy atom. The first-order valence-electron chi connectivity index (χ1n) is 5.39. The number of hydrogen-bond donors (Lipinski definition) is 1. The van der Waals surface area contributed by atoms with Crippen molar-refractivity contribution in [2.45, 2.75) is 26.4 Å². The maximum Gasteiger partial charge on any atom is 0.412 e. The highest BCUT2D eigenvalue weighted by Gasteiger charge is 2.16. The molecule has 0 saturated heterocycles. The fourth-order valence-electron chi connectivity index (χ4n) is 1.40. The summed E-state index contributed by atoms with van der Waals surface area (Å²) < 4.78 is 6.63. The van der Waals surface area contributed by atoms with Crippen molar-refractivity contribution in [1.29, 1.82) is 0 Å². The molecule has 0 aliphatic carbocycles. The molecule has 0 radical (unpaired) electrons. The van der Waals surface area contributed by atoms with Crippen molar-refractivity contribution in [3.8, 4) is 0 Å². The summed E-state index contributed by atoms with van der Waals surface area (Å²) in [6.45, 7) is 5.45. The molecule has 0 aliphatic rings. The van der Waals surface area contributed by atoms with Crippen molar-refractivity contribution in [2.75, 3.05) is 5.32 Å². The summed E-state index contributed by atoms with van der Waals surface area (Å²) in [6, 6.07) is 5.42. The van der Waals surface area contributed by atoms with E-state index in [-0.39, 0.29) is 0 Å². The van der Waals surface area contributed by atoms with Gasteiger partial charge in [-0.3, -0.25) is 5.32 Å². The van der Waals surface area contributed by atoms with Crippen molar-refractivity contribution >= 4 is 44.9 Å². The van der Waals surface area contributed by atoms with Crippen LogP contribution in [0.3, 0.4) is 0 Å². The number of anilines is 1. The maximum atomic E-state index is 11.6. The smallest absolute Gasteiger partial charge is 0.412 e. The molecular weight excluding hydrogens is 272 g/mol. The lowest BCUT2D eigenvalue weighted by atomic mass is 10.2. The Balaban J connectivity index is 2.14. The standard InChI is InChI=1S/C12H13ClN2O2S/c1-12(2,3)17-11(16)14-7-4-5-9-8(6-7)15-10(13)18-9/h4-6H,1-3H3,(H,14,16). The minimum absolute atomic E-state index is 0.483. The van der Waals surface area contributed by atoms with Crippen LogP contribution in [0.4, 0.5) is 10.5 Å². The molecule has 0 unspecified atom stereocenters. The predicted molar refractivity (Wildman–Crippen MR) is 74.5 cm³/mol. The zero-order chi connectivity index (χ0) is 13.3. The van der Waals surface area contributed by atoms with Crippen LogP contribution < -0.4 is 5.32 Å². The van der Waals surface area contributed by atoms with Gasteiger partial charge in [-0.25, -0.2) is 9.78 Å². The molecule has 0 fully saturated rings. The van der Waals surface area contributed by atoms with Crippen LogP contribution >= 0.6 is 22.9 Å². The molecule has 4 nitrogen and oxygen atoms in total. The van der Waals surface area contributed by atoms with Crippen molar-refractivity contribution in [3.05, 3.63) is 22.7 Å². The van der Waals surface area contributed by atoms with E-state index in [4.69, 9.17) is 16.3 Å². The number of nitrogens with zero attached hydrogens (tertiary/aromatic N) is 1. The van der Waals surface area contributed by atoms with E-state index in [2.05, 4.69) is 10.3 Å². The van der Waals surface area contributed by atoms with Crippen LogP contribution in [0, 0.1) is 0 Å². The second kappa shape index (κ2) is 4.74. The van der Waals surface area contributed by atoms with E-state index in [0.29, 0.717) is 10.2 Å². The Bertz CT molecular complexity index is 589. The first kappa shape index (κ1) is 13.1. The van der Waals surface area contributed by atoms with Crippen molar-refractivity contribution < 1.29 is 9.53 Å². The quantitative estimate of drug-likeness (QED) is 0.849. The van der Waals surface area contributed by atoms with E-state index in [1.54, 1.807) is 12.1 Å². The molecule has 0 spiro atoms. The fraction of sp³-hybridized carbons (Fsp3) is 0.333. The molecule has 1 aromatic carbocycles. The van der Waals surface area contributed by atoms with Gasteiger partial charge in [-0.05, 0) is 39.0 Å². The maximum absolute atomic E-state index is 11.6. The van der Waals surface area contributed by atoms with Gasteiger partial charge in [-0.15, -0.1) is 11.3 Å². The van der Waals surface area contributed by atoms with E-state index >= 15 is 0 Å². The summed E-state index contributed by atoms with van der Waals surface area (Å²) in [7, 11) is 0. The van der Waals surface area contributed by atoms with Crippen LogP contribution in [0.15, 0.2) is 18.2 Å². The number of halogens is 1. The Hall–Kier alpha value is -1.33. The predicted octanol–water partition coefficient (Wildman–Crippen LogP) is 4.30. The van der Waals surface area contributed by atoms with Gasteiger partial charge >= 0.3 is 6.09 Å². The third-order valence-corrected chi connectivity index (χ3v) is 3.15. The molecule has 1 N–H and O–H groups in total. The van der Waals surface area contributed by atoms with E-state index in [1.165, 1.54) is 11.3 Å². The molecule has 96 valence electrons. The van der Waals surface area contributed by atoms with Gasteiger partial charge in [0.2, 0.25) is 0 Å². The lowest BCUT2D eigenvalue weighted by Gasteiger charge is -2.19. The molecule has 18 heavy (non-hydrogen) atoms. The van der Waals surface area contributed by atoms with Gasteiger partial charge in [0.15, 0.2) is 4.47 Å². The van der Waals surface area contributed by atoms with Gasteiger partial charge in [-0.2, -0.15) is 0 Å². The Kier molecular flexibility index (Phi) is 3.45. The highest BCUT2D eigenvalue weighted by molar-refractivity contribution is 7.22. The number of carbonyl (C=O) groups is 1. The third kappa shape index (κ3) is 3.34. The van der Waals surface area contributed by atoms with Crippen LogP contribution in [-0.2, 0) is 4.74 Å². The first-order valence-corrected chi connectivity index (χ1v) is 6.59. The Labute approximate surface area is 114 Å². The van der Waals surface area contributed by atoms with Crippen molar-refractivity contribution in [2.24, 2.45) is 0 Å². The van der Waals surface area contributed by atoms with Crippen molar-refractivity contribution in [3.63, 3.8) is 0 Å². The number of aromatic nitrogens is 1. The lowest BCUT2D eigenvalue weighted by molar-refractivity contribution is 0.0636. The minimum Gasteiger partial charge on any atom is -0.444 e. The molecule has 0 saturated carbocycles. The highest BCUT2D eigenvalue weighted by Crippen LogP contribution is 2.27. The summed E-state index contributed by atoms with van der Waals surface area (Å²) in [4.78, 5) is 15.7. The molecule has 1 aromatic heterocycles. The van der Waals surface area contributed by atoms with Gasteiger partial charge in [0, 0.05) is 5.69 Å². The van der Waals surface area contributed by atoms with Crippen LogP contribution in [0.1, 0.15) is 20.8 Å². The molecular formula is C12H13ClN2O2S. The van der Waals surface area contributed by atoms with Crippen LogP contribution in [0.5, 0.6) is 0 Å². The monoisotopic (exact) mass is 284 g/mol. The number of hydrogen-bond acceptors (Lipinski definition) is 4. The summed E-state index contributed by atoms with van der Waals surface area (Å²) in [5.41, 5.74) is 0.885. The number of amides is 1. The summed E-state index contributed by atoms with van der Waals surface area (Å²) in [5, 5.41) is 2.66. The van der Waals surface area contributed by atoms with E-state index in [1.807, 2.05) is 26.8 Å². The molecule has 0 bridgehead atoms. The number of rotatable bonds is 1. The molecule has 0 aliphatic heterocycles. The van der Waals surface area contributed by atoms with Crippen LogP contribution in [0.2, 0.25) is 4.47 Å². The van der Waals surface area contributed by atoms with E-state index in [9.17, 15) is 4.79 Å². The molecule has 2 rings (SSSR count). The highest BCUT2D eigenvalue weighted by atomic mass is 35.5. The Morgan fingerprint density at radius 3 is 2.83 bits per heavy atom. The van der Waals surface area contributed by atoms with Gasteiger partial charge in [-0.1, -0.05) is 11.6 Å². The van der Waals surface area contributed by atoms with E-state index in [0.717, 1.165) is 10.2 Å². The normalized spacial score (nSPS) is 11.6. The zero-order valence-corrected chi connectivity index (χ0v) is 11.9.